The summed E-state index contributed by atoms with van der Waals surface area (Å²) in [5.41, 5.74) is 5.05. The molecule has 1 fully saturated rings. The van der Waals surface area contributed by atoms with Gasteiger partial charge in [-0.3, -0.25) is 4.98 Å². The van der Waals surface area contributed by atoms with Crippen LogP contribution in [0.3, 0.4) is 0 Å². The lowest BCUT2D eigenvalue weighted by Crippen LogP contribution is -2.33. The van der Waals surface area contributed by atoms with E-state index >= 15 is 0 Å². The van der Waals surface area contributed by atoms with Gasteiger partial charge in [-0.05, 0) is 72.3 Å². The minimum atomic E-state index is -4.39. The number of benzene rings is 1. The highest BCUT2D eigenvalue weighted by atomic mass is 19.4. The summed E-state index contributed by atoms with van der Waals surface area (Å²) in [6.45, 7) is 8.84. The van der Waals surface area contributed by atoms with Crippen LogP contribution in [-0.4, -0.2) is 16.3 Å². The Labute approximate surface area is 232 Å². The largest absolute Gasteiger partial charge is 0.394 e. The number of rotatable bonds is 6. The second-order valence-electron chi connectivity index (χ2n) is 12.3. The summed E-state index contributed by atoms with van der Waals surface area (Å²) >= 11 is 0. The molecule has 0 saturated heterocycles. The van der Waals surface area contributed by atoms with Crippen LogP contribution in [0.5, 0.6) is 0 Å². The Morgan fingerprint density at radius 2 is 1.82 bits per heavy atom. The lowest BCUT2D eigenvalue weighted by molar-refractivity contribution is -0.220. The van der Waals surface area contributed by atoms with E-state index in [-0.39, 0.29) is 0 Å². The molecule has 5 heteroatoms. The average molecular weight is 538 g/mol. The zero-order valence-electron chi connectivity index (χ0n) is 24.0. The summed E-state index contributed by atoms with van der Waals surface area (Å²) < 4.78 is 40.3. The van der Waals surface area contributed by atoms with Crippen molar-refractivity contribution in [2.45, 2.75) is 104 Å². The topological polar surface area (TPSA) is 33.1 Å². The lowest BCUT2D eigenvalue weighted by Gasteiger charge is -2.30. The summed E-state index contributed by atoms with van der Waals surface area (Å²) in [6, 6.07) is 10.3. The number of alkyl halides is 3. The van der Waals surface area contributed by atoms with Gasteiger partial charge >= 0.3 is 6.18 Å². The van der Waals surface area contributed by atoms with Crippen LogP contribution < -0.4 is 0 Å². The number of aryl methyl sites for hydroxylation is 1. The van der Waals surface area contributed by atoms with Gasteiger partial charge in [0.2, 0.25) is 0 Å². The maximum atomic E-state index is 13.4. The molecule has 0 amide bonds. The first-order chi connectivity index (χ1) is 18.4. The molecule has 4 rings (SSSR count). The molecule has 0 bridgehead atoms. The molecule has 2 aliphatic carbocycles. The van der Waals surface area contributed by atoms with Crippen LogP contribution >= 0.6 is 0 Å². The van der Waals surface area contributed by atoms with Gasteiger partial charge in [-0.25, -0.2) is 0 Å². The van der Waals surface area contributed by atoms with Crippen molar-refractivity contribution in [1.29, 1.82) is 0 Å². The second-order valence-corrected chi connectivity index (χ2v) is 12.3. The maximum Gasteiger partial charge on any atom is 0.394 e. The van der Waals surface area contributed by atoms with Crippen molar-refractivity contribution < 1.29 is 18.3 Å². The third kappa shape index (κ3) is 6.43. The number of aromatic nitrogens is 1. The Balaban J connectivity index is 1.79. The van der Waals surface area contributed by atoms with Crippen LogP contribution in [0, 0.1) is 36.0 Å². The van der Waals surface area contributed by atoms with Gasteiger partial charge in [-0.2, -0.15) is 13.2 Å². The van der Waals surface area contributed by atoms with E-state index in [1.165, 1.54) is 42.4 Å². The molecule has 1 heterocycles. The fraction of sp³-hybridized carbons (Fsp3) is 0.559. The summed E-state index contributed by atoms with van der Waals surface area (Å²) in [4.78, 5) is 4.75. The van der Waals surface area contributed by atoms with Crippen LogP contribution in [0.4, 0.5) is 13.2 Å². The summed E-state index contributed by atoms with van der Waals surface area (Å²) in [6.07, 6.45) is 3.19. The van der Waals surface area contributed by atoms with Gasteiger partial charge in [0.15, 0.2) is 0 Å². The van der Waals surface area contributed by atoms with E-state index in [4.69, 9.17) is 4.98 Å². The van der Waals surface area contributed by atoms with E-state index < -0.39 is 24.1 Å². The quantitative estimate of drug-likeness (QED) is 0.372. The number of pyridine rings is 1. The van der Waals surface area contributed by atoms with Gasteiger partial charge in [0.1, 0.15) is 0 Å². The average Bonchev–Trinajstić information content (AvgIpc) is 3.38. The van der Waals surface area contributed by atoms with E-state index in [0.717, 1.165) is 50.0 Å². The van der Waals surface area contributed by atoms with Crippen molar-refractivity contribution in [3.8, 4) is 11.8 Å². The molecular weight excluding hydrogens is 495 g/mol. The molecule has 1 saturated carbocycles. The number of halogens is 3. The first kappa shape index (κ1) is 29.4. The molecular formula is C34H42F3NO. The number of hydrogen-bond donors (Lipinski definition) is 1. The number of unbranched alkanes of at least 4 members (excludes halogenated alkanes) is 1. The molecule has 2 nitrogen and oxygen atoms in total. The highest BCUT2D eigenvalue weighted by Gasteiger charge is 2.48. The molecule has 2 aliphatic rings. The van der Waals surface area contributed by atoms with Crippen molar-refractivity contribution in [3.05, 3.63) is 64.5 Å². The first-order valence-electron chi connectivity index (χ1n) is 14.5. The van der Waals surface area contributed by atoms with E-state index in [1.54, 1.807) is 12.3 Å². The Morgan fingerprint density at radius 3 is 2.44 bits per heavy atom. The van der Waals surface area contributed by atoms with Crippen LogP contribution in [0.25, 0.3) is 11.1 Å². The van der Waals surface area contributed by atoms with Crippen molar-refractivity contribution in [2.24, 2.45) is 17.3 Å². The van der Waals surface area contributed by atoms with Gasteiger partial charge in [0.05, 0.1) is 17.2 Å². The lowest BCUT2D eigenvalue weighted by atomic mass is 9.75. The first-order valence-corrected chi connectivity index (χ1v) is 14.5. The van der Waals surface area contributed by atoms with Gasteiger partial charge in [-0.1, -0.05) is 95.0 Å². The van der Waals surface area contributed by atoms with Gasteiger partial charge < -0.3 is 5.11 Å². The molecule has 1 aromatic carbocycles. The Kier molecular flexibility index (Phi) is 8.96. The second kappa shape index (κ2) is 11.9. The number of aliphatic hydroxyl groups excluding tert-OH is 1. The van der Waals surface area contributed by atoms with Gasteiger partial charge in [-0.15, -0.1) is 0 Å². The number of nitrogens with zero attached hydrogens (tertiary/aromatic N) is 1. The third-order valence-corrected chi connectivity index (χ3v) is 8.90. The molecule has 0 spiro atoms. The van der Waals surface area contributed by atoms with Crippen LogP contribution in [0.15, 0.2) is 36.5 Å². The molecule has 1 aromatic heterocycles. The number of fused-ring (bicyclic) bond motifs is 1. The van der Waals surface area contributed by atoms with E-state index in [1.807, 2.05) is 6.07 Å². The summed E-state index contributed by atoms with van der Waals surface area (Å²) in [5.74, 6) is 8.41. The zero-order valence-corrected chi connectivity index (χ0v) is 24.0. The van der Waals surface area contributed by atoms with Crippen LogP contribution in [0.2, 0.25) is 0 Å². The molecule has 39 heavy (non-hydrogen) atoms. The summed E-state index contributed by atoms with van der Waals surface area (Å²) in [7, 11) is 0. The number of hydrogen-bond acceptors (Lipinski definition) is 2. The Morgan fingerprint density at radius 1 is 1.10 bits per heavy atom. The maximum absolute atomic E-state index is 13.4. The van der Waals surface area contributed by atoms with E-state index in [9.17, 15) is 18.3 Å². The normalized spacial score (nSPS) is 21.3. The van der Waals surface area contributed by atoms with Crippen molar-refractivity contribution in [2.75, 3.05) is 0 Å². The molecule has 3 atom stereocenters. The minimum Gasteiger partial charge on any atom is -0.388 e. The fourth-order valence-corrected chi connectivity index (χ4v) is 6.30. The predicted octanol–water partition coefficient (Wildman–Crippen LogP) is 9.43. The van der Waals surface area contributed by atoms with Crippen molar-refractivity contribution in [3.63, 3.8) is 0 Å². The smallest absolute Gasteiger partial charge is 0.388 e. The molecule has 0 aliphatic heterocycles. The minimum absolute atomic E-state index is 0.384. The Bertz CT molecular complexity index is 1240. The fourth-order valence-electron chi connectivity index (χ4n) is 6.30. The number of allylic oxidation sites excluding steroid dienone is 2. The predicted molar refractivity (Wildman–Crippen MR) is 153 cm³/mol. The number of aliphatic hydroxyl groups is 1. The van der Waals surface area contributed by atoms with Gasteiger partial charge in [0.25, 0.3) is 0 Å². The standard InChI is InChI=1S/C34H42F3NO/c1-6-7-8-13-27-29-18-22(2)14-16-26(29)23(3)28(24-11-9-10-12-24)19-30(27)31-17-15-25(21-38-31)32(39)20-33(4,5)34(35,36)37/h14-18,21,23-24,28,32,39H,6-7,9-12,19-20H2,1-5H3. The Hall–Kier alpha value is -2.58. The van der Waals surface area contributed by atoms with E-state index in [2.05, 4.69) is 50.8 Å². The molecule has 1 N–H and O–H groups in total. The van der Waals surface area contributed by atoms with Crippen molar-refractivity contribution in [1.82, 2.24) is 4.98 Å². The monoisotopic (exact) mass is 537 g/mol. The highest BCUT2D eigenvalue weighted by molar-refractivity contribution is 5.99. The molecule has 210 valence electrons. The van der Waals surface area contributed by atoms with Crippen LogP contribution in [-0.2, 0) is 0 Å². The van der Waals surface area contributed by atoms with Crippen LogP contribution in [0.1, 0.15) is 119 Å². The zero-order chi connectivity index (χ0) is 28.4. The SMILES string of the molecule is CCCC#CC1=C(c2ccc(C(O)CC(C)(C)C(F)(F)F)cn2)CC(C2CCCC2)C(C)c2ccc(C)cc21. The molecule has 2 aromatic rings. The van der Waals surface area contributed by atoms with Gasteiger partial charge in [0, 0.05) is 18.2 Å². The van der Waals surface area contributed by atoms with E-state index in [0.29, 0.717) is 23.3 Å². The molecule has 0 radical (unpaired) electrons. The highest BCUT2D eigenvalue weighted by Crippen LogP contribution is 2.49. The third-order valence-electron chi connectivity index (χ3n) is 8.90. The summed E-state index contributed by atoms with van der Waals surface area (Å²) in [5, 5.41) is 10.7. The van der Waals surface area contributed by atoms with Crippen molar-refractivity contribution >= 4 is 11.1 Å². The molecule has 3 unspecified atom stereocenters.